The highest BCUT2D eigenvalue weighted by atomic mass is 35.5. The average Bonchev–Trinajstić information content (AvgIpc) is 2.56. The van der Waals surface area contributed by atoms with Crippen molar-refractivity contribution in [3.8, 4) is 0 Å². The van der Waals surface area contributed by atoms with E-state index in [1.807, 2.05) is 6.07 Å². The summed E-state index contributed by atoms with van der Waals surface area (Å²) in [5.74, 6) is 0. The van der Waals surface area contributed by atoms with Crippen molar-refractivity contribution in [3.63, 3.8) is 0 Å². The van der Waals surface area contributed by atoms with Crippen LogP contribution in [-0.2, 0) is 0 Å². The number of fused-ring (bicyclic) bond motifs is 1. The first-order valence-electron chi connectivity index (χ1n) is 3.99. The van der Waals surface area contributed by atoms with Crippen molar-refractivity contribution in [3.05, 3.63) is 35.5 Å². The molecule has 2 aromatic rings. The zero-order valence-corrected chi connectivity index (χ0v) is 7.84. The lowest BCUT2D eigenvalue weighted by molar-refractivity contribution is 0.106. The summed E-state index contributed by atoms with van der Waals surface area (Å²) < 4.78 is 0. The fourth-order valence-corrected chi connectivity index (χ4v) is 1.59. The van der Waals surface area contributed by atoms with Crippen molar-refractivity contribution >= 4 is 34.0 Å². The highest BCUT2D eigenvalue weighted by Gasteiger charge is 2.14. The quantitative estimate of drug-likeness (QED) is 0.607. The van der Waals surface area contributed by atoms with E-state index in [0.29, 0.717) is 17.2 Å². The van der Waals surface area contributed by atoms with E-state index in [1.165, 1.54) is 0 Å². The van der Waals surface area contributed by atoms with Gasteiger partial charge in [-0.3, -0.25) is 9.59 Å². The van der Waals surface area contributed by atoms with Gasteiger partial charge >= 0.3 is 0 Å². The highest BCUT2D eigenvalue weighted by molar-refractivity contribution is 6.68. The van der Waals surface area contributed by atoms with Crippen molar-refractivity contribution in [1.82, 2.24) is 4.98 Å². The van der Waals surface area contributed by atoms with Crippen LogP contribution in [0.1, 0.15) is 20.8 Å². The van der Waals surface area contributed by atoms with Gasteiger partial charge in [-0.15, -0.1) is 0 Å². The van der Waals surface area contributed by atoms with Crippen LogP contribution >= 0.6 is 11.6 Å². The fourth-order valence-electron chi connectivity index (χ4n) is 1.44. The van der Waals surface area contributed by atoms with Crippen molar-refractivity contribution in [2.24, 2.45) is 0 Å². The van der Waals surface area contributed by atoms with Gasteiger partial charge in [0, 0.05) is 10.9 Å². The van der Waals surface area contributed by atoms with Crippen LogP contribution in [-0.4, -0.2) is 16.5 Å². The van der Waals surface area contributed by atoms with Crippen LogP contribution in [0.2, 0.25) is 0 Å². The molecule has 0 amide bonds. The standard InChI is InChI=1S/C10H6ClNO2/c11-10(14)9-7(5-13)6-3-1-2-4-8(6)12-9/h1-5,12H. The van der Waals surface area contributed by atoms with E-state index in [1.54, 1.807) is 18.2 Å². The molecule has 1 N–H and O–H groups in total. The Labute approximate surface area is 84.7 Å². The molecule has 0 spiro atoms. The topological polar surface area (TPSA) is 49.9 Å². The summed E-state index contributed by atoms with van der Waals surface area (Å²) in [6, 6.07) is 7.16. The SMILES string of the molecule is O=Cc1c(C(=O)Cl)[nH]c2ccccc12. The molecule has 4 heteroatoms. The molecular formula is C10H6ClNO2. The summed E-state index contributed by atoms with van der Waals surface area (Å²) in [6.45, 7) is 0. The summed E-state index contributed by atoms with van der Waals surface area (Å²) in [5, 5.41) is 0.0646. The molecule has 3 nitrogen and oxygen atoms in total. The van der Waals surface area contributed by atoms with Gasteiger partial charge in [-0.25, -0.2) is 0 Å². The van der Waals surface area contributed by atoms with Crippen molar-refractivity contribution < 1.29 is 9.59 Å². The minimum absolute atomic E-state index is 0.155. The zero-order valence-electron chi connectivity index (χ0n) is 7.08. The first-order chi connectivity index (χ1) is 6.74. The van der Waals surface area contributed by atoms with E-state index >= 15 is 0 Å². The van der Waals surface area contributed by atoms with Crippen LogP contribution in [0.4, 0.5) is 0 Å². The van der Waals surface area contributed by atoms with Crippen LogP contribution in [0.25, 0.3) is 10.9 Å². The second-order valence-electron chi connectivity index (χ2n) is 2.85. The van der Waals surface area contributed by atoms with E-state index in [2.05, 4.69) is 4.98 Å². The van der Waals surface area contributed by atoms with Crippen LogP contribution in [0.15, 0.2) is 24.3 Å². The molecule has 0 radical (unpaired) electrons. The number of benzene rings is 1. The molecular weight excluding hydrogens is 202 g/mol. The molecule has 1 aromatic heterocycles. The molecule has 0 aliphatic heterocycles. The van der Waals surface area contributed by atoms with E-state index < -0.39 is 5.24 Å². The first-order valence-corrected chi connectivity index (χ1v) is 4.37. The Kier molecular flexibility index (Phi) is 2.09. The smallest absolute Gasteiger partial charge is 0.269 e. The van der Waals surface area contributed by atoms with Crippen LogP contribution in [0.5, 0.6) is 0 Å². The molecule has 70 valence electrons. The lowest BCUT2D eigenvalue weighted by atomic mass is 10.1. The first kappa shape index (κ1) is 8.97. The molecule has 0 unspecified atom stereocenters. The van der Waals surface area contributed by atoms with Gasteiger partial charge in [-0.2, -0.15) is 0 Å². The highest BCUT2D eigenvalue weighted by Crippen LogP contribution is 2.21. The number of rotatable bonds is 2. The van der Waals surface area contributed by atoms with E-state index in [0.717, 1.165) is 5.52 Å². The molecule has 2 rings (SSSR count). The average molecular weight is 208 g/mol. The fraction of sp³-hybridized carbons (Fsp3) is 0. The lowest BCUT2D eigenvalue weighted by Crippen LogP contribution is -1.93. The van der Waals surface area contributed by atoms with Crippen molar-refractivity contribution in [2.45, 2.75) is 0 Å². The van der Waals surface area contributed by atoms with Gasteiger partial charge in [-0.1, -0.05) is 18.2 Å². The largest absolute Gasteiger partial charge is 0.350 e. The zero-order chi connectivity index (χ0) is 10.1. The molecule has 1 aromatic carbocycles. The van der Waals surface area contributed by atoms with Gasteiger partial charge in [0.25, 0.3) is 5.24 Å². The Morgan fingerprint density at radius 3 is 2.71 bits per heavy atom. The molecule has 0 aliphatic carbocycles. The minimum Gasteiger partial charge on any atom is -0.350 e. The second-order valence-corrected chi connectivity index (χ2v) is 3.19. The monoisotopic (exact) mass is 207 g/mol. The number of aldehydes is 1. The van der Waals surface area contributed by atoms with Crippen LogP contribution in [0.3, 0.4) is 0 Å². The molecule has 0 aliphatic rings. The molecule has 0 fully saturated rings. The van der Waals surface area contributed by atoms with Crippen LogP contribution < -0.4 is 0 Å². The Hall–Kier alpha value is -1.61. The van der Waals surface area contributed by atoms with Crippen molar-refractivity contribution in [1.29, 1.82) is 0 Å². The third kappa shape index (κ3) is 1.22. The van der Waals surface area contributed by atoms with Gasteiger partial charge in [0.15, 0.2) is 6.29 Å². The Morgan fingerprint density at radius 1 is 1.36 bits per heavy atom. The maximum atomic E-state index is 11.0. The summed E-state index contributed by atoms with van der Waals surface area (Å²) in [6.07, 6.45) is 0.633. The normalized spacial score (nSPS) is 10.4. The van der Waals surface area contributed by atoms with E-state index in [-0.39, 0.29) is 5.69 Å². The lowest BCUT2D eigenvalue weighted by Gasteiger charge is -1.88. The maximum absolute atomic E-state index is 11.0. The number of aromatic amines is 1. The number of carbonyl (C=O) groups is 2. The van der Waals surface area contributed by atoms with Crippen LogP contribution in [0, 0.1) is 0 Å². The summed E-state index contributed by atoms with van der Waals surface area (Å²) in [7, 11) is 0. The number of hydrogen-bond acceptors (Lipinski definition) is 2. The number of hydrogen-bond donors (Lipinski definition) is 1. The molecule has 0 saturated heterocycles. The van der Waals surface area contributed by atoms with Gasteiger partial charge in [0.1, 0.15) is 5.69 Å². The molecule has 1 heterocycles. The molecule has 0 atom stereocenters. The number of para-hydroxylation sites is 1. The number of carbonyl (C=O) groups excluding carboxylic acids is 2. The van der Waals surface area contributed by atoms with Crippen molar-refractivity contribution in [2.75, 3.05) is 0 Å². The number of H-pyrrole nitrogens is 1. The predicted molar refractivity (Wildman–Crippen MR) is 53.9 cm³/mol. The predicted octanol–water partition coefficient (Wildman–Crippen LogP) is 2.36. The van der Waals surface area contributed by atoms with E-state index in [9.17, 15) is 9.59 Å². The number of halogens is 1. The summed E-state index contributed by atoms with van der Waals surface area (Å²) >= 11 is 5.33. The van der Waals surface area contributed by atoms with E-state index in [4.69, 9.17) is 11.6 Å². The number of nitrogens with one attached hydrogen (secondary N) is 1. The van der Waals surface area contributed by atoms with Gasteiger partial charge < -0.3 is 4.98 Å². The summed E-state index contributed by atoms with van der Waals surface area (Å²) in [4.78, 5) is 24.5. The van der Waals surface area contributed by atoms with Gasteiger partial charge in [0.2, 0.25) is 0 Å². The Balaban J connectivity index is 2.85. The summed E-state index contributed by atoms with van der Waals surface area (Å²) in [5.41, 5.74) is 1.21. The maximum Gasteiger partial charge on any atom is 0.269 e. The Morgan fingerprint density at radius 2 is 2.07 bits per heavy atom. The molecule has 0 saturated carbocycles. The second kappa shape index (κ2) is 3.27. The third-order valence-electron chi connectivity index (χ3n) is 2.06. The number of aromatic nitrogens is 1. The van der Waals surface area contributed by atoms with Gasteiger partial charge in [0.05, 0.1) is 5.56 Å². The van der Waals surface area contributed by atoms with Gasteiger partial charge in [-0.05, 0) is 17.7 Å². The molecule has 0 bridgehead atoms. The minimum atomic E-state index is -0.650. The third-order valence-corrected chi connectivity index (χ3v) is 2.25. The Bertz CT molecular complexity index is 516. The molecule has 14 heavy (non-hydrogen) atoms.